The van der Waals surface area contributed by atoms with E-state index in [1.54, 1.807) is 29.7 Å². The van der Waals surface area contributed by atoms with Crippen LogP contribution in [-0.4, -0.2) is 11.2 Å². The van der Waals surface area contributed by atoms with E-state index in [2.05, 4.69) is 4.99 Å². The van der Waals surface area contributed by atoms with Gasteiger partial charge in [-0.1, -0.05) is 23.7 Å². The number of hydrogen-bond donors (Lipinski definition) is 3. The largest absolute Gasteiger partial charge is 0.368 e. The topological polar surface area (TPSA) is 70.6 Å². The molecule has 0 aromatic heterocycles. The lowest BCUT2D eigenvalue weighted by molar-refractivity contribution is 0.233. The fraction of sp³-hybridized carbons (Fsp3) is 0. The lowest BCUT2D eigenvalue weighted by atomic mass is 10.3. The first-order valence-corrected chi connectivity index (χ1v) is 3.60. The summed E-state index contributed by atoms with van der Waals surface area (Å²) < 4.78 is 0. The number of nitrogens with one attached hydrogen (secondary N) is 1. The fourth-order valence-electron chi connectivity index (χ4n) is 0.697. The Hall–Kier alpha value is -1.26. The number of nitrogens with two attached hydrogens (primary N) is 1. The number of halogens is 1. The van der Waals surface area contributed by atoms with E-state index >= 15 is 0 Å². The molecule has 0 spiro atoms. The van der Waals surface area contributed by atoms with Crippen LogP contribution >= 0.6 is 11.6 Å². The molecule has 0 aliphatic rings. The Balaban J connectivity index is 2.96. The van der Waals surface area contributed by atoms with Gasteiger partial charge in [0.1, 0.15) is 0 Å². The third-order valence-electron chi connectivity index (χ3n) is 1.21. The van der Waals surface area contributed by atoms with E-state index in [4.69, 9.17) is 22.5 Å². The summed E-state index contributed by atoms with van der Waals surface area (Å²) in [6.07, 6.45) is 0. The van der Waals surface area contributed by atoms with Gasteiger partial charge in [-0.05, 0) is 12.1 Å². The zero-order valence-electron chi connectivity index (χ0n) is 6.16. The Morgan fingerprint density at radius 3 is 2.75 bits per heavy atom. The first-order chi connectivity index (χ1) is 5.74. The van der Waals surface area contributed by atoms with E-state index in [1.165, 1.54) is 0 Å². The number of rotatable bonds is 1. The molecule has 0 saturated carbocycles. The van der Waals surface area contributed by atoms with Gasteiger partial charge in [0.05, 0.1) is 10.7 Å². The second-order valence-electron chi connectivity index (χ2n) is 2.06. The van der Waals surface area contributed by atoms with Crippen molar-refractivity contribution in [2.24, 2.45) is 10.7 Å². The number of para-hydroxylation sites is 1. The maximum atomic E-state index is 8.34. The van der Waals surface area contributed by atoms with Crippen molar-refractivity contribution < 1.29 is 5.21 Å². The third-order valence-corrected chi connectivity index (χ3v) is 1.53. The van der Waals surface area contributed by atoms with E-state index in [0.29, 0.717) is 10.7 Å². The maximum Gasteiger partial charge on any atom is 0.218 e. The molecular weight excluding hydrogens is 178 g/mol. The zero-order chi connectivity index (χ0) is 8.97. The van der Waals surface area contributed by atoms with Gasteiger partial charge in [0.25, 0.3) is 0 Å². The van der Waals surface area contributed by atoms with Crippen LogP contribution in [0.25, 0.3) is 0 Å². The lowest BCUT2D eigenvalue weighted by Crippen LogP contribution is -2.27. The molecule has 1 aromatic rings. The van der Waals surface area contributed by atoms with Gasteiger partial charge in [-0.3, -0.25) is 5.21 Å². The van der Waals surface area contributed by atoms with Crippen LogP contribution in [0.4, 0.5) is 5.69 Å². The quantitative estimate of drug-likeness (QED) is 0.351. The van der Waals surface area contributed by atoms with Gasteiger partial charge in [0.15, 0.2) is 0 Å². The number of hydrogen-bond acceptors (Lipinski definition) is 2. The number of guanidine groups is 1. The summed E-state index contributed by atoms with van der Waals surface area (Å²) in [6, 6.07) is 6.93. The van der Waals surface area contributed by atoms with E-state index < -0.39 is 0 Å². The Bertz CT molecular complexity index is 300. The van der Waals surface area contributed by atoms with Gasteiger partial charge in [-0.2, -0.15) is 0 Å². The van der Waals surface area contributed by atoms with E-state index in [1.807, 2.05) is 0 Å². The van der Waals surface area contributed by atoms with Crippen LogP contribution in [-0.2, 0) is 0 Å². The van der Waals surface area contributed by atoms with Crippen LogP contribution in [0.15, 0.2) is 29.3 Å². The van der Waals surface area contributed by atoms with Gasteiger partial charge >= 0.3 is 0 Å². The molecule has 0 radical (unpaired) electrons. The van der Waals surface area contributed by atoms with Crippen molar-refractivity contribution >= 4 is 23.2 Å². The standard InChI is InChI=1S/C7H8ClN3O/c8-5-3-1-2-4-6(5)10-7(9)11-12/h1-4,12H,(H3,9,10,11). The molecule has 0 saturated heterocycles. The van der Waals surface area contributed by atoms with Gasteiger partial charge in [-0.15, -0.1) is 0 Å². The van der Waals surface area contributed by atoms with Gasteiger partial charge in [-0.25, -0.2) is 10.5 Å². The lowest BCUT2D eigenvalue weighted by Gasteiger charge is -1.98. The molecule has 5 heteroatoms. The van der Waals surface area contributed by atoms with Crippen molar-refractivity contribution in [3.63, 3.8) is 0 Å². The van der Waals surface area contributed by atoms with Crippen LogP contribution in [0.2, 0.25) is 5.02 Å². The number of aliphatic imine (C=N–C) groups is 1. The third kappa shape index (κ3) is 2.11. The maximum absolute atomic E-state index is 8.34. The predicted molar refractivity (Wildman–Crippen MR) is 47.7 cm³/mol. The molecule has 0 unspecified atom stereocenters. The molecule has 0 bridgehead atoms. The highest BCUT2D eigenvalue weighted by atomic mass is 35.5. The highest BCUT2D eigenvalue weighted by Gasteiger charge is 1.96. The number of hydroxylamine groups is 1. The second-order valence-corrected chi connectivity index (χ2v) is 2.47. The summed E-state index contributed by atoms with van der Waals surface area (Å²) in [6.45, 7) is 0. The van der Waals surface area contributed by atoms with E-state index in [9.17, 15) is 0 Å². The van der Waals surface area contributed by atoms with E-state index in [0.717, 1.165) is 0 Å². The minimum Gasteiger partial charge on any atom is -0.368 e. The van der Waals surface area contributed by atoms with Gasteiger partial charge in [0, 0.05) is 0 Å². The molecular formula is C7H8ClN3O. The van der Waals surface area contributed by atoms with E-state index in [-0.39, 0.29) is 5.96 Å². The number of nitrogens with zero attached hydrogens (tertiary/aromatic N) is 1. The minimum atomic E-state index is -0.0944. The fourth-order valence-corrected chi connectivity index (χ4v) is 0.875. The first kappa shape index (κ1) is 8.83. The second kappa shape index (κ2) is 3.94. The van der Waals surface area contributed by atoms with Crippen molar-refractivity contribution in [3.8, 4) is 0 Å². The van der Waals surface area contributed by atoms with Crippen LogP contribution in [0.5, 0.6) is 0 Å². The minimum absolute atomic E-state index is 0.0944. The van der Waals surface area contributed by atoms with Crippen LogP contribution < -0.4 is 11.2 Å². The predicted octanol–water partition coefficient (Wildman–Crippen LogP) is 1.26. The van der Waals surface area contributed by atoms with Crippen LogP contribution in [0, 0.1) is 0 Å². The average Bonchev–Trinajstić information content (AvgIpc) is 2.09. The van der Waals surface area contributed by atoms with Crippen molar-refractivity contribution in [1.29, 1.82) is 0 Å². The molecule has 64 valence electrons. The van der Waals surface area contributed by atoms with Crippen LogP contribution in [0.3, 0.4) is 0 Å². The Morgan fingerprint density at radius 1 is 1.50 bits per heavy atom. The molecule has 4 N–H and O–H groups in total. The Morgan fingerprint density at radius 2 is 2.17 bits per heavy atom. The molecule has 1 rings (SSSR count). The summed E-state index contributed by atoms with van der Waals surface area (Å²) in [4.78, 5) is 3.78. The number of benzene rings is 1. The average molecular weight is 186 g/mol. The molecule has 0 aliphatic carbocycles. The normalized spacial score (nSPS) is 11.3. The highest BCUT2D eigenvalue weighted by Crippen LogP contribution is 2.23. The molecule has 0 heterocycles. The zero-order valence-corrected chi connectivity index (χ0v) is 6.92. The van der Waals surface area contributed by atoms with Crippen LogP contribution in [0.1, 0.15) is 0 Å². The summed E-state index contributed by atoms with van der Waals surface area (Å²) >= 11 is 5.75. The summed E-state index contributed by atoms with van der Waals surface area (Å²) in [5, 5.41) is 8.82. The SMILES string of the molecule is NC(=Nc1ccccc1Cl)NO. The first-order valence-electron chi connectivity index (χ1n) is 3.23. The molecule has 0 atom stereocenters. The Labute approximate surface area is 74.6 Å². The van der Waals surface area contributed by atoms with Crippen molar-refractivity contribution in [2.75, 3.05) is 0 Å². The summed E-state index contributed by atoms with van der Waals surface area (Å²) in [5.41, 5.74) is 7.43. The molecule has 0 fully saturated rings. The van der Waals surface area contributed by atoms with Gasteiger partial charge in [0.2, 0.25) is 5.96 Å². The monoisotopic (exact) mass is 185 g/mol. The van der Waals surface area contributed by atoms with Gasteiger partial charge < -0.3 is 5.73 Å². The summed E-state index contributed by atoms with van der Waals surface area (Å²) in [7, 11) is 0. The molecule has 12 heavy (non-hydrogen) atoms. The van der Waals surface area contributed by atoms with Crippen molar-refractivity contribution in [1.82, 2.24) is 5.48 Å². The molecule has 0 aliphatic heterocycles. The molecule has 4 nitrogen and oxygen atoms in total. The smallest absolute Gasteiger partial charge is 0.218 e. The molecule has 0 amide bonds. The van der Waals surface area contributed by atoms with Crippen molar-refractivity contribution in [2.45, 2.75) is 0 Å². The Kier molecular flexibility index (Phi) is 2.90. The van der Waals surface area contributed by atoms with Crippen molar-refractivity contribution in [3.05, 3.63) is 29.3 Å². The summed E-state index contributed by atoms with van der Waals surface area (Å²) in [5.74, 6) is -0.0944. The highest BCUT2D eigenvalue weighted by molar-refractivity contribution is 6.33. The molecule has 1 aromatic carbocycles.